The summed E-state index contributed by atoms with van der Waals surface area (Å²) in [7, 11) is 0. The molecule has 20 heavy (non-hydrogen) atoms. The number of hydrogen-bond acceptors (Lipinski definition) is 4. The number of carbonyl (C=O) groups excluding carboxylic acids is 1. The molecule has 106 valence electrons. The highest BCUT2D eigenvalue weighted by Crippen LogP contribution is 2.10. The molecule has 2 aromatic rings. The van der Waals surface area contributed by atoms with Gasteiger partial charge >= 0.3 is 0 Å². The van der Waals surface area contributed by atoms with Gasteiger partial charge in [-0.2, -0.15) is 0 Å². The van der Waals surface area contributed by atoms with Crippen molar-refractivity contribution in [2.24, 2.45) is 5.73 Å². The minimum atomic E-state index is -0.0846. The minimum absolute atomic E-state index is 0.0846. The zero-order valence-corrected chi connectivity index (χ0v) is 11.2. The van der Waals surface area contributed by atoms with Gasteiger partial charge in [0, 0.05) is 12.2 Å². The van der Waals surface area contributed by atoms with Gasteiger partial charge in [0.1, 0.15) is 12.4 Å². The van der Waals surface area contributed by atoms with Crippen LogP contribution in [0.5, 0.6) is 0 Å². The molecule has 0 spiro atoms. The highest BCUT2D eigenvalue weighted by molar-refractivity contribution is 5.90. The zero-order chi connectivity index (χ0) is 14.2. The second-order valence-corrected chi connectivity index (χ2v) is 4.33. The summed E-state index contributed by atoms with van der Waals surface area (Å²) in [4.78, 5) is 11.7. The van der Waals surface area contributed by atoms with Crippen LogP contribution in [0.15, 0.2) is 47.1 Å². The summed E-state index contributed by atoms with van der Waals surface area (Å²) in [5, 5.41) is 2.81. The molecule has 0 fully saturated rings. The Labute approximate surface area is 117 Å². The molecule has 0 aliphatic carbocycles. The molecule has 0 atom stereocenters. The minimum Gasteiger partial charge on any atom is -0.467 e. The van der Waals surface area contributed by atoms with Crippen molar-refractivity contribution in [1.29, 1.82) is 0 Å². The van der Waals surface area contributed by atoms with E-state index in [9.17, 15) is 4.79 Å². The molecule has 1 amide bonds. The van der Waals surface area contributed by atoms with Crippen molar-refractivity contribution in [1.82, 2.24) is 0 Å². The first-order valence-corrected chi connectivity index (χ1v) is 6.47. The average Bonchev–Trinajstić information content (AvgIpc) is 2.97. The van der Waals surface area contributed by atoms with Crippen LogP contribution >= 0.6 is 0 Å². The summed E-state index contributed by atoms with van der Waals surface area (Å²) < 4.78 is 10.5. The standard InChI is InChI=1S/C15H18N2O3/c16-10-12-3-1-4-13(9-12)17-15(18)6-8-19-11-14-5-2-7-20-14/h1-5,7,9H,6,8,10-11,16H2,(H,17,18). The predicted molar refractivity (Wildman–Crippen MR) is 75.9 cm³/mol. The Bertz CT molecular complexity index is 538. The number of furan rings is 1. The van der Waals surface area contributed by atoms with E-state index < -0.39 is 0 Å². The van der Waals surface area contributed by atoms with Gasteiger partial charge in [-0.25, -0.2) is 0 Å². The topological polar surface area (TPSA) is 77.5 Å². The van der Waals surface area contributed by atoms with E-state index in [4.69, 9.17) is 14.9 Å². The number of nitrogens with two attached hydrogens (primary N) is 1. The van der Waals surface area contributed by atoms with Crippen molar-refractivity contribution < 1.29 is 13.9 Å². The number of ether oxygens (including phenoxy) is 1. The normalized spacial score (nSPS) is 10.4. The number of benzene rings is 1. The first kappa shape index (κ1) is 14.3. The summed E-state index contributed by atoms with van der Waals surface area (Å²) in [5.74, 6) is 0.666. The quantitative estimate of drug-likeness (QED) is 0.759. The van der Waals surface area contributed by atoms with Gasteiger partial charge in [0.2, 0.25) is 5.91 Å². The lowest BCUT2D eigenvalue weighted by atomic mass is 10.2. The number of hydrogen-bond donors (Lipinski definition) is 2. The van der Waals surface area contributed by atoms with Crippen LogP contribution in [0, 0.1) is 0 Å². The molecular weight excluding hydrogens is 256 g/mol. The molecular formula is C15H18N2O3. The molecule has 1 aromatic carbocycles. The summed E-state index contributed by atoms with van der Waals surface area (Å²) in [6.07, 6.45) is 1.89. The fourth-order valence-corrected chi connectivity index (χ4v) is 1.73. The van der Waals surface area contributed by atoms with Gasteiger partial charge < -0.3 is 20.2 Å². The van der Waals surface area contributed by atoms with E-state index in [2.05, 4.69) is 5.32 Å². The fourth-order valence-electron chi connectivity index (χ4n) is 1.73. The maximum absolute atomic E-state index is 11.7. The van der Waals surface area contributed by atoms with E-state index in [0.29, 0.717) is 26.2 Å². The smallest absolute Gasteiger partial charge is 0.226 e. The second kappa shape index (κ2) is 7.47. The Kier molecular flexibility index (Phi) is 5.34. The molecule has 5 heteroatoms. The fraction of sp³-hybridized carbons (Fsp3) is 0.267. The maximum Gasteiger partial charge on any atom is 0.226 e. The molecule has 0 unspecified atom stereocenters. The summed E-state index contributed by atoms with van der Waals surface area (Å²) in [5.41, 5.74) is 7.29. The highest BCUT2D eigenvalue weighted by atomic mass is 16.5. The SMILES string of the molecule is NCc1cccc(NC(=O)CCOCc2ccco2)c1. The number of anilines is 1. The molecule has 1 aromatic heterocycles. The van der Waals surface area contributed by atoms with Crippen molar-refractivity contribution in [3.05, 3.63) is 54.0 Å². The third-order valence-electron chi connectivity index (χ3n) is 2.74. The van der Waals surface area contributed by atoms with Gasteiger partial charge in [0.15, 0.2) is 0 Å². The lowest BCUT2D eigenvalue weighted by molar-refractivity contribution is -0.117. The first-order valence-electron chi connectivity index (χ1n) is 6.47. The Morgan fingerprint density at radius 3 is 2.95 bits per heavy atom. The van der Waals surface area contributed by atoms with E-state index in [1.165, 1.54) is 0 Å². The van der Waals surface area contributed by atoms with Crippen LogP contribution in [0.3, 0.4) is 0 Å². The monoisotopic (exact) mass is 274 g/mol. The van der Waals surface area contributed by atoms with Gasteiger partial charge in [0.05, 0.1) is 19.3 Å². The van der Waals surface area contributed by atoms with Crippen LogP contribution in [-0.4, -0.2) is 12.5 Å². The van der Waals surface area contributed by atoms with Crippen molar-refractivity contribution in [2.75, 3.05) is 11.9 Å². The van der Waals surface area contributed by atoms with Crippen molar-refractivity contribution in [3.8, 4) is 0 Å². The lowest BCUT2D eigenvalue weighted by Crippen LogP contribution is -2.14. The Morgan fingerprint density at radius 2 is 2.20 bits per heavy atom. The van der Waals surface area contributed by atoms with Gasteiger partial charge in [-0.15, -0.1) is 0 Å². The summed E-state index contributed by atoms with van der Waals surface area (Å²) in [6, 6.07) is 11.1. The molecule has 0 bridgehead atoms. The van der Waals surface area contributed by atoms with Gasteiger partial charge in [-0.3, -0.25) is 4.79 Å². The molecule has 0 aliphatic heterocycles. The summed E-state index contributed by atoms with van der Waals surface area (Å²) >= 11 is 0. The van der Waals surface area contributed by atoms with Crippen LogP contribution in [0.1, 0.15) is 17.7 Å². The average molecular weight is 274 g/mol. The maximum atomic E-state index is 11.7. The third kappa shape index (κ3) is 4.53. The lowest BCUT2D eigenvalue weighted by Gasteiger charge is -2.07. The molecule has 0 radical (unpaired) electrons. The Balaban J connectivity index is 1.69. The third-order valence-corrected chi connectivity index (χ3v) is 2.74. The molecule has 2 rings (SSSR count). The molecule has 0 saturated heterocycles. The van der Waals surface area contributed by atoms with Crippen molar-refractivity contribution in [3.63, 3.8) is 0 Å². The molecule has 0 aliphatic rings. The van der Waals surface area contributed by atoms with Crippen LogP contribution in [-0.2, 0) is 22.7 Å². The zero-order valence-electron chi connectivity index (χ0n) is 11.2. The Hall–Kier alpha value is -2.11. The van der Waals surface area contributed by atoms with Crippen LogP contribution < -0.4 is 11.1 Å². The highest BCUT2D eigenvalue weighted by Gasteiger charge is 2.03. The van der Waals surface area contributed by atoms with Crippen LogP contribution in [0.4, 0.5) is 5.69 Å². The van der Waals surface area contributed by atoms with Crippen molar-refractivity contribution in [2.45, 2.75) is 19.6 Å². The summed E-state index contributed by atoms with van der Waals surface area (Å²) in [6.45, 7) is 1.18. The second-order valence-electron chi connectivity index (χ2n) is 4.33. The molecule has 0 saturated carbocycles. The number of carbonyl (C=O) groups is 1. The molecule has 3 N–H and O–H groups in total. The van der Waals surface area contributed by atoms with Crippen LogP contribution in [0.25, 0.3) is 0 Å². The molecule has 5 nitrogen and oxygen atoms in total. The van der Waals surface area contributed by atoms with Gasteiger partial charge in [-0.1, -0.05) is 12.1 Å². The van der Waals surface area contributed by atoms with E-state index in [1.807, 2.05) is 30.3 Å². The first-order chi connectivity index (χ1) is 9.78. The number of nitrogens with one attached hydrogen (secondary N) is 1. The van der Waals surface area contributed by atoms with Gasteiger partial charge in [0.25, 0.3) is 0 Å². The van der Waals surface area contributed by atoms with Crippen molar-refractivity contribution >= 4 is 11.6 Å². The largest absolute Gasteiger partial charge is 0.467 e. The van der Waals surface area contributed by atoms with E-state index in [-0.39, 0.29) is 5.91 Å². The Morgan fingerprint density at radius 1 is 1.30 bits per heavy atom. The molecule has 1 heterocycles. The number of rotatable bonds is 7. The van der Waals surface area contributed by atoms with Crippen LogP contribution in [0.2, 0.25) is 0 Å². The predicted octanol–water partition coefficient (Wildman–Crippen LogP) is 2.28. The van der Waals surface area contributed by atoms with E-state index in [1.54, 1.807) is 12.3 Å². The number of amides is 1. The van der Waals surface area contributed by atoms with E-state index >= 15 is 0 Å². The van der Waals surface area contributed by atoms with Gasteiger partial charge in [-0.05, 0) is 29.8 Å². The van der Waals surface area contributed by atoms with E-state index in [0.717, 1.165) is 17.0 Å².